The molecule has 2 unspecified atom stereocenters. The molecule has 1 aromatic carbocycles. The summed E-state index contributed by atoms with van der Waals surface area (Å²) < 4.78 is 13.1. The van der Waals surface area contributed by atoms with Gasteiger partial charge in [0.1, 0.15) is 12.5 Å². The molecule has 1 heterocycles. The van der Waals surface area contributed by atoms with Crippen LogP contribution in [0.3, 0.4) is 0 Å². The summed E-state index contributed by atoms with van der Waals surface area (Å²) in [7, 11) is -2.37. The van der Waals surface area contributed by atoms with E-state index in [4.69, 9.17) is 0 Å². The lowest BCUT2D eigenvalue weighted by atomic mass is 9.99. The van der Waals surface area contributed by atoms with Crippen LogP contribution < -0.4 is 0 Å². The molecule has 2 aliphatic rings. The molecule has 1 saturated carbocycles. The zero-order chi connectivity index (χ0) is 13.3. The van der Waals surface area contributed by atoms with Crippen molar-refractivity contribution in [3.8, 4) is 0 Å². The molecule has 19 heavy (non-hydrogen) atoms. The van der Waals surface area contributed by atoms with E-state index in [0.29, 0.717) is 5.92 Å². The van der Waals surface area contributed by atoms with E-state index < -0.39 is 12.5 Å². The minimum Gasteiger partial charge on any atom is -0.382 e. The van der Waals surface area contributed by atoms with Gasteiger partial charge < -0.3 is 9.67 Å². The van der Waals surface area contributed by atoms with Gasteiger partial charge in [-0.3, -0.25) is 0 Å². The number of hydrogen-bond acceptors (Lipinski definition) is 2. The summed E-state index contributed by atoms with van der Waals surface area (Å²) in [6.45, 7) is 0. The van der Waals surface area contributed by atoms with Crippen molar-refractivity contribution in [2.75, 3.05) is 12.3 Å². The van der Waals surface area contributed by atoms with Crippen LogP contribution in [0.15, 0.2) is 30.3 Å². The molecule has 1 aliphatic heterocycles. The number of aliphatic hydroxyl groups is 1. The summed E-state index contributed by atoms with van der Waals surface area (Å²) in [5.74, 6) is 0.498. The Morgan fingerprint density at radius 2 is 1.89 bits per heavy atom. The van der Waals surface area contributed by atoms with Gasteiger partial charge in [0.15, 0.2) is 0 Å². The van der Waals surface area contributed by atoms with Gasteiger partial charge in [-0.15, -0.1) is 0 Å². The molecule has 0 bridgehead atoms. The molecule has 1 aromatic rings. The van der Waals surface area contributed by atoms with Crippen LogP contribution >= 0.6 is 7.14 Å². The van der Waals surface area contributed by atoms with Gasteiger partial charge >= 0.3 is 0 Å². The topological polar surface area (TPSA) is 37.3 Å². The predicted molar refractivity (Wildman–Crippen MR) is 79.0 cm³/mol. The van der Waals surface area contributed by atoms with E-state index in [1.54, 1.807) is 0 Å². The SMILES string of the molecule is O=P1(C2(O)CCCC2)CCC(Cc2ccccc2)C1. The molecule has 0 aromatic heterocycles. The molecule has 0 spiro atoms. The Bertz CT molecular complexity index is 477. The third-order valence-corrected chi connectivity index (χ3v) is 9.03. The molecular weight excluding hydrogens is 255 g/mol. The average molecular weight is 278 g/mol. The molecule has 2 nitrogen and oxygen atoms in total. The Hall–Kier alpha value is -0.590. The van der Waals surface area contributed by atoms with Crippen LogP contribution in [0.5, 0.6) is 0 Å². The normalized spacial score (nSPS) is 33.6. The third-order valence-electron chi connectivity index (χ3n) is 4.98. The van der Waals surface area contributed by atoms with Crippen molar-refractivity contribution in [3.63, 3.8) is 0 Å². The van der Waals surface area contributed by atoms with E-state index in [9.17, 15) is 9.67 Å². The van der Waals surface area contributed by atoms with Gasteiger partial charge in [0, 0.05) is 12.3 Å². The van der Waals surface area contributed by atoms with Crippen molar-refractivity contribution in [3.05, 3.63) is 35.9 Å². The molecule has 104 valence electrons. The Morgan fingerprint density at radius 1 is 1.21 bits per heavy atom. The second kappa shape index (κ2) is 5.07. The first-order valence-corrected chi connectivity index (χ1v) is 9.54. The Kier molecular flexibility index (Phi) is 3.57. The van der Waals surface area contributed by atoms with Crippen molar-refractivity contribution in [1.82, 2.24) is 0 Å². The largest absolute Gasteiger partial charge is 0.382 e. The minimum absolute atomic E-state index is 0.498. The maximum absolute atomic E-state index is 13.1. The van der Waals surface area contributed by atoms with Crippen LogP contribution in [-0.2, 0) is 11.0 Å². The Morgan fingerprint density at radius 3 is 2.58 bits per heavy atom. The number of rotatable bonds is 3. The fourth-order valence-electron chi connectivity index (χ4n) is 3.83. The summed E-state index contributed by atoms with van der Waals surface area (Å²) >= 11 is 0. The highest BCUT2D eigenvalue weighted by molar-refractivity contribution is 7.65. The van der Waals surface area contributed by atoms with Crippen LogP contribution in [0, 0.1) is 5.92 Å². The lowest BCUT2D eigenvalue weighted by Gasteiger charge is -2.30. The fraction of sp³-hybridized carbons (Fsp3) is 0.625. The molecule has 0 radical (unpaired) electrons. The Balaban J connectivity index is 1.68. The molecule has 3 heteroatoms. The molecule has 1 saturated heterocycles. The smallest absolute Gasteiger partial charge is 0.118 e. The first-order valence-electron chi connectivity index (χ1n) is 7.46. The fourth-order valence-corrected chi connectivity index (χ4v) is 7.83. The van der Waals surface area contributed by atoms with Crippen LogP contribution in [0.4, 0.5) is 0 Å². The van der Waals surface area contributed by atoms with Crippen LogP contribution in [0.25, 0.3) is 0 Å². The molecule has 3 rings (SSSR count). The van der Waals surface area contributed by atoms with Gasteiger partial charge in [-0.2, -0.15) is 0 Å². The lowest BCUT2D eigenvalue weighted by Crippen LogP contribution is -2.25. The quantitative estimate of drug-likeness (QED) is 0.852. The summed E-state index contributed by atoms with van der Waals surface area (Å²) in [6, 6.07) is 10.5. The van der Waals surface area contributed by atoms with Gasteiger partial charge in [-0.25, -0.2) is 0 Å². The predicted octanol–water partition coefficient (Wildman–Crippen LogP) is 3.87. The van der Waals surface area contributed by atoms with E-state index in [1.807, 2.05) is 6.07 Å². The summed E-state index contributed by atoms with van der Waals surface area (Å²) in [6.07, 6.45) is 7.19. The highest BCUT2D eigenvalue weighted by Crippen LogP contribution is 2.67. The number of benzene rings is 1. The van der Waals surface area contributed by atoms with E-state index in [2.05, 4.69) is 24.3 Å². The second-order valence-corrected chi connectivity index (χ2v) is 9.75. The molecule has 0 amide bonds. The highest BCUT2D eigenvalue weighted by Gasteiger charge is 2.51. The van der Waals surface area contributed by atoms with Crippen LogP contribution in [0.1, 0.15) is 37.7 Å². The third kappa shape index (κ3) is 2.53. The second-order valence-electron chi connectivity index (χ2n) is 6.33. The van der Waals surface area contributed by atoms with Gasteiger partial charge in [-0.05, 0) is 50.0 Å². The van der Waals surface area contributed by atoms with E-state index >= 15 is 0 Å². The monoisotopic (exact) mass is 278 g/mol. The van der Waals surface area contributed by atoms with E-state index in [1.165, 1.54) is 5.56 Å². The maximum Gasteiger partial charge on any atom is 0.118 e. The highest BCUT2D eigenvalue weighted by atomic mass is 31.2. The molecular formula is C16H23O2P. The van der Waals surface area contributed by atoms with Crippen molar-refractivity contribution < 1.29 is 9.67 Å². The van der Waals surface area contributed by atoms with E-state index in [-0.39, 0.29) is 0 Å². The minimum atomic E-state index is -2.37. The first kappa shape index (κ1) is 13.4. The van der Waals surface area contributed by atoms with Crippen molar-refractivity contribution in [2.24, 2.45) is 5.92 Å². The first-order chi connectivity index (χ1) is 9.11. The summed E-state index contributed by atoms with van der Waals surface area (Å²) in [5, 5.41) is 9.86. The average Bonchev–Trinajstić information content (AvgIpc) is 3.00. The van der Waals surface area contributed by atoms with Crippen molar-refractivity contribution >= 4 is 7.14 Å². The van der Waals surface area contributed by atoms with Crippen LogP contribution in [-0.4, -0.2) is 22.8 Å². The standard InChI is InChI=1S/C16H23O2P/c17-16(9-4-5-10-16)19(18)11-8-15(13-19)12-14-6-2-1-3-7-14/h1-3,6-7,15,17H,4-5,8-13H2. The zero-order valence-electron chi connectivity index (χ0n) is 11.4. The Labute approximate surface area is 115 Å². The maximum atomic E-state index is 13.1. The van der Waals surface area contributed by atoms with Crippen LogP contribution in [0.2, 0.25) is 0 Å². The van der Waals surface area contributed by atoms with Gasteiger partial charge in [0.2, 0.25) is 0 Å². The molecule has 2 fully saturated rings. The van der Waals surface area contributed by atoms with Gasteiger partial charge in [0.25, 0.3) is 0 Å². The summed E-state index contributed by atoms with van der Waals surface area (Å²) in [5.41, 5.74) is 1.33. The summed E-state index contributed by atoms with van der Waals surface area (Å²) in [4.78, 5) is 0. The van der Waals surface area contributed by atoms with Gasteiger partial charge in [-0.1, -0.05) is 30.3 Å². The number of hydrogen-bond donors (Lipinski definition) is 1. The van der Waals surface area contributed by atoms with E-state index in [0.717, 1.165) is 50.8 Å². The molecule has 2 atom stereocenters. The van der Waals surface area contributed by atoms with Crippen molar-refractivity contribution in [1.29, 1.82) is 0 Å². The lowest BCUT2D eigenvalue weighted by molar-refractivity contribution is 0.130. The van der Waals surface area contributed by atoms with Crippen molar-refractivity contribution in [2.45, 2.75) is 43.9 Å². The zero-order valence-corrected chi connectivity index (χ0v) is 12.3. The van der Waals surface area contributed by atoms with Gasteiger partial charge in [0.05, 0.1) is 0 Å². The molecule has 1 N–H and O–H groups in total. The molecule has 1 aliphatic carbocycles.